The fourth-order valence-corrected chi connectivity index (χ4v) is 2.01. The van der Waals surface area contributed by atoms with Crippen LogP contribution in [-0.4, -0.2) is 24.1 Å². The summed E-state index contributed by atoms with van der Waals surface area (Å²) in [6.45, 7) is 5.38. The zero-order valence-electron chi connectivity index (χ0n) is 10.0. The van der Waals surface area contributed by atoms with E-state index in [1.165, 1.54) is 0 Å². The Morgan fingerprint density at radius 2 is 2.18 bits per heavy atom. The van der Waals surface area contributed by atoms with Crippen molar-refractivity contribution in [2.75, 3.05) is 13.1 Å². The maximum atomic E-state index is 10.8. The Morgan fingerprint density at radius 1 is 1.41 bits per heavy atom. The molecule has 0 radical (unpaired) electrons. The van der Waals surface area contributed by atoms with E-state index in [4.69, 9.17) is 4.74 Å². The summed E-state index contributed by atoms with van der Waals surface area (Å²) >= 11 is 0. The summed E-state index contributed by atoms with van der Waals surface area (Å²) in [6.07, 6.45) is 1.16. The molecule has 0 amide bonds. The highest BCUT2D eigenvalue weighted by Gasteiger charge is 2.19. The number of nitro groups is 1. The Bertz CT molecular complexity index is 440. The number of hydrogen-bond donors (Lipinski definition) is 1. The van der Waals surface area contributed by atoms with E-state index in [1.807, 2.05) is 6.92 Å². The van der Waals surface area contributed by atoms with E-state index in [2.05, 4.69) is 5.32 Å². The molecule has 0 aromatic heterocycles. The highest BCUT2D eigenvalue weighted by atomic mass is 16.6. The monoisotopic (exact) mass is 236 g/mol. The van der Waals surface area contributed by atoms with Crippen LogP contribution in [-0.2, 0) is 0 Å². The second-order valence-corrected chi connectivity index (χ2v) is 4.39. The van der Waals surface area contributed by atoms with Crippen LogP contribution in [0.4, 0.5) is 5.69 Å². The van der Waals surface area contributed by atoms with Crippen LogP contribution in [0.3, 0.4) is 0 Å². The Labute approximate surface area is 99.9 Å². The number of hydrogen-bond acceptors (Lipinski definition) is 4. The van der Waals surface area contributed by atoms with E-state index in [0.717, 1.165) is 30.8 Å². The van der Waals surface area contributed by atoms with Gasteiger partial charge in [-0.3, -0.25) is 10.1 Å². The van der Waals surface area contributed by atoms with Crippen LogP contribution in [0, 0.1) is 24.0 Å². The topological polar surface area (TPSA) is 64.4 Å². The zero-order valence-corrected chi connectivity index (χ0v) is 10.0. The maximum Gasteiger partial charge on any atom is 0.272 e. The molecule has 0 aliphatic carbocycles. The average Bonchev–Trinajstić information content (AvgIpc) is 2.75. The second-order valence-electron chi connectivity index (χ2n) is 4.39. The molecule has 1 aliphatic rings. The molecule has 1 fully saturated rings. The van der Waals surface area contributed by atoms with Gasteiger partial charge in [-0.05, 0) is 38.4 Å². The third kappa shape index (κ3) is 2.55. The summed E-state index contributed by atoms with van der Waals surface area (Å²) in [5.74, 6) is 0.752. The van der Waals surface area contributed by atoms with E-state index in [-0.39, 0.29) is 16.7 Å². The molecule has 1 aromatic rings. The van der Waals surface area contributed by atoms with Gasteiger partial charge in [-0.15, -0.1) is 0 Å². The quantitative estimate of drug-likeness (QED) is 0.643. The molecule has 1 N–H and O–H groups in total. The molecule has 2 rings (SSSR count). The number of aryl methyl sites for hydroxylation is 2. The Morgan fingerprint density at radius 3 is 2.76 bits per heavy atom. The number of nitrogens with zero attached hydrogens (tertiary/aromatic N) is 1. The molecule has 1 atom stereocenters. The first-order valence-electron chi connectivity index (χ1n) is 5.71. The smallest absolute Gasteiger partial charge is 0.272 e. The summed E-state index contributed by atoms with van der Waals surface area (Å²) in [5, 5.41) is 14.0. The first-order chi connectivity index (χ1) is 8.08. The van der Waals surface area contributed by atoms with Crippen LogP contribution in [0.1, 0.15) is 17.5 Å². The Hall–Kier alpha value is -1.62. The molecule has 0 spiro atoms. The molecule has 1 aliphatic heterocycles. The van der Waals surface area contributed by atoms with E-state index in [1.54, 1.807) is 19.1 Å². The summed E-state index contributed by atoms with van der Waals surface area (Å²) < 4.78 is 5.84. The van der Waals surface area contributed by atoms with Crippen LogP contribution in [0.15, 0.2) is 12.1 Å². The van der Waals surface area contributed by atoms with E-state index >= 15 is 0 Å². The van der Waals surface area contributed by atoms with Crippen LogP contribution in [0.5, 0.6) is 5.75 Å². The third-order valence-corrected chi connectivity index (χ3v) is 3.00. The van der Waals surface area contributed by atoms with Crippen LogP contribution >= 0.6 is 0 Å². The molecule has 0 bridgehead atoms. The van der Waals surface area contributed by atoms with E-state index < -0.39 is 0 Å². The van der Waals surface area contributed by atoms with Gasteiger partial charge < -0.3 is 10.1 Å². The van der Waals surface area contributed by atoms with Gasteiger partial charge in [0, 0.05) is 18.2 Å². The maximum absolute atomic E-state index is 10.8. The van der Waals surface area contributed by atoms with Gasteiger partial charge in [-0.1, -0.05) is 0 Å². The van der Waals surface area contributed by atoms with Crippen molar-refractivity contribution in [3.8, 4) is 5.75 Å². The van der Waals surface area contributed by atoms with Crippen molar-refractivity contribution < 1.29 is 9.66 Å². The predicted molar refractivity (Wildman–Crippen MR) is 64.5 cm³/mol. The van der Waals surface area contributed by atoms with Crippen molar-refractivity contribution in [2.45, 2.75) is 26.4 Å². The Balaban J connectivity index is 2.23. The standard InChI is InChI=1S/C12H16N2O3/c1-8-6-12(17-10-3-4-13-7-10)9(2)5-11(8)14(15)16/h5-6,10,13H,3-4,7H2,1-2H3. The van der Waals surface area contributed by atoms with Gasteiger partial charge in [-0.2, -0.15) is 0 Å². The number of rotatable bonds is 3. The second kappa shape index (κ2) is 4.71. The summed E-state index contributed by atoms with van der Waals surface area (Å²) in [7, 11) is 0. The van der Waals surface area contributed by atoms with Crippen molar-refractivity contribution in [2.24, 2.45) is 0 Å². The molecule has 1 aromatic carbocycles. The SMILES string of the molecule is Cc1cc([N+](=O)[O-])c(C)cc1OC1CCNC1. The first-order valence-corrected chi connectivity index (χ1v) is 5.71. The van der Waals surface area contributed by atoms with Crippen molar-refractivity contribution in [1.82, 2.24) is 5.32 Å². The number of nitrogens with one attached hydrogen (secondary N) is 1. The van der Waals surface area contributed by atoms with E-state index in [9.17, 15) is 10.1 Å². The number of ether oxygens (including phenoxy) is 1. The van der Waals surface area contributed by atoms with Crippen molar-refractivity contribution in [3.63, 3.8) is 0 Å². The van der Waals surface area contributed by atoms with Gasteiger partial charge in [0.15, 0.2) is 0 Å². The zero-order chi connectivity index (χ0) is 12.4. The molecule has 17 heavy (non-hydrogen) atoms. The van der Waals surface area contributed by atoms with Gasteiger partial charge in [0.1, 0.15) is 11.9 Å². The largest absolute Gasteiger partial charge is 0.489 e. The molecular weight excluding hydrogens is 220 g/mol. The lowest BCUT2D eigenvalue weighted by molar-refractivity contribution is -0.385. The van der Waals surface area contributed by atoms with Gasteiger partial charge in [0.25, 0.3) is 5.69 Å². The van der Waals surface area contributed by atoms with Crippen LogP contribution in [0.25, 0.3) is 0 Å². The molecule has 1 heterocycles. The van der Waals surface area contributed by atoms with E-state index in [0.29, 0.717) is 5.56 Å². The fourth-order valence-electron chi connectivity index (χ4n) is 2.01. The van der Waals surface area contributed by atoms with Gasteiger partial charge in [0.05, 0.1) is 4.92 Å². The summed E-state index contributed by atoms with van der Waals surface area (Å²) in [5.41, 5.74) is 1.61. The highest BCUT2D eigenvalue weighted by molar-refractivity contribution is 5.49. The van der Waals surface area contributed by atoms with Crippen LogP contribution < -0.4 is 10.1 Å². The van der Waals surface area contributed by atoms with Gasteiger partial charge in [0.2, 0.25) is 0 Å². The van der Waals surface area contributed by atoms with Gasteiger partial charge in [-0.25, -0.2) is 0 Å². The van der Waals surface area contributed by atoms with Crippen LogP contribution in [0.2, 0.25) is 0 Å². The summed E-state index contributed by atoms with van der Waals surface area (Å²) in [6, 6.07) is 3.33. The van der Waals surface area contributed by atoms with Gasteiger partial charge >= 0.3 is 0 Å². The Kier molecular flexibility index (Phi) is 3.28. The average molecular weight is 236 g/mol. The lowest BCUT2D eigenvalue weighted by Gasteiger charge is -2.15. The van der Waals surface area contributed by atoms with Crippen molar-refractivity contribution in [1.29, 1.82) is 0 Å². The fraction of sp³-hybridized carbons (Fsp3) is 0.500. The number of benzene rings is 1. The minimum Gasteiger partial charge on any atom is -0.489 e. The minimum absolute atomic E-state index is 0.152. The minimum atomic E-state index is -0.358. The highest BCUT2D eigenvalue weighted by Crippen LogP contribution is 2.28. The number of nitro benzene ring substituents is 1. The molecule has 1 unspecified atom stereocenters. The molecule has 5 heteroatoms. The summed E-state index contributed by atoms with van der Waals surface area (Å²) in [4.78, 5) is 10.4. The molecule has 92 valence electrons. The lowest BCUT2D eigenvalue weighted by Crippen LogP contribution is -2.20. The molecule has 1 saturated heterocycles. The predicted octanol–water partition coefficient (Wildman–Crippen LogP) is 1.95. The lowest BCUT2D eigenvalue weighted by atomic mass is 10.1. The molecular formula is C12H16N2O3. The van der Waals surface area contributed by atoms with Crippen molar-refractivity contribution in [3.05, 3.63) is 33.4 Å². The molecule has 5 nitrogen and oxygen atoms in total. The molecule has 0 saturated carbocycles. The first kappa shape index (κ1) is 11.9. The third-order valence-electron chi connectivity index (χ3n) is 3.00. The van der Waals surface area contributed by atoms with Crippen molar-refractivity contribution >= 4 is 5.69 Å². The normalized spacial score (nSPS) is 19.3.